The van der Waals surface area contributed by atoms with Gasteiger partial charge in [-0.2, -0.15) is 0 Å². The first-order valence-electron chi connectivity index (χ1n) is 13.1. The summed E-state index contributed by atoms with van der Waals surface area (Å²) in [4.78, 5) is 41.9. The molecule has 1 aliphatic heterocycles. The number of benzene rings is 1. The maximum atomic E-state index is 10.3. The minimum Gasteiger partial charge on any atom is -0.497 e. The van der Waals surface area contributed by atoms with E-state index in [1.165, 1.54) is 0 Å². The molecule has 2 heterocycles. The number of carboxylic acid groups (broad SMARTS) is 3. The zero-order valence-corrected chi connectivity index (χ0v) is 23.8. The van der Waals surface area contributed by atoms with Gasteiger partial charge < -0.3 is 34.6 Å². The van der Waals surface area contributed by atoms with Gasteiger partial charge in [-0.05, 0) is 18.9 Å². The van der Waals surface area contributed by atoms with Gasteiger partial charge in [-0.15, -0.1) is 0 Å². The Morgan fingerprint density at radius 2 is 1.68 bits per heavy atom. The Bertz CT molecular complexity index is 1130. The molecule has 0 bridgehead atoms. The minimum absolute atomic E-state index is 0.278. The van der Waals surface area contributed by atoms with Gasteiger partial charge in [-0.25, -0.2) is 14.8 Å². The number of nitrogens with zero attached hydrogens (tertiary/aromatic N) is 3. The lowest BCUT2D eigenvalue weighted by Crippen LogP contribution is -2.42. The topological polar surface area (TPSA) is 189 Å². The molecule has 0 amide bonds. The monoisotopic (exact) mass is 577 g/mol. The predicted molar refractivity (Wildman–Crippen MR) is 146 cm³/mol. The fourth-order valence-corrected chi connectivity index (χ4v) is 4.20. The lowest BCUT2D eigenvalue weighted by molar-refractivity contribution is -0.170. The average molecular weight is 578 g/mol. The molecular weight excluding hydrogens is 538 g/mol. The van der Waals surface area contributed by atoms with Crippen molar-refractivity contribution < 1.29 is 49.0 Å². The Kier molecular flexibility index (Phi) is 12.9. The molecule has 1 atom stereocenters. The summed E-state index contributed by atoms with van der Waals surface area (Å²) in [5.74, 6) is -2.17. The fraction of sp³-hybridized carbons (Fsp3) is 0.536. The van der Waals surface area contributed by atoms with Gasteiger partial charge in [0.15, 0.2) is 5.60 Å². The quantitative estimate of drug-likeness (QED) is 0.257. The van der Waals surface area contributed by atoms with Crippen molar-refractivity contribution in [2.45, 2.75) is 70.2 Å². The van der Waals surface area contributed by atoms with Crippen molar-refractivity contribution in [1.29, 1.82) is 0 Å². The van der Waals surface area contributed by atoms with E-state index in [9.17, 15) is 14.4 Å². The standard InChI is InChI=1S/C22H31N3O3.C6H8O7/c1-16(2)22-23-11-17(12-24-22)13-25(15-20-6-5-9-28-20)14-18-7-8-19(26-3)10-21(18)27-4;7-3(8)1-6(13,5(11)12)2-4(9)10/h7-8,10-12,16,20H,5-6,9,13-15H2,1-4H3;13H,1-2H2,(H,7,8)(H,9,10)(H,11,12). The second-order valence-corrected chi connectivity index (χ2v) is 10.1. The van der Waals surface area contributed by atoms with E-state index in [4.69, 9.17) is 34.6 Å². The van der Waals surface area contributed by atoms with Crippen molar-refractivity contribution in [2.75, 3.05) is 27.4 Å². The molecule has 1 saturated heterocycles. The molecule has 1 aromatic carbocycles. The number of aromatic nitrogens is 2. The van der Waals surface area contributed by atoms with Gasteiger partial charge in [0.05, 0.1) is 33.2 Å². The highest BCUT2D eigenvalue weighted by Gasteiger charge is 2.40. The van der Waals surface area contributed by atoms with Crippen LogP contribution in [0.5, 0.6) is 11.5 Å². The molecular formula is C28H39N3O10. The van der Waals surface area contributed by atoms with Crippen LogP contribution in [-0.2, 0) is 32.2 Å². The second kappa shape index (κ2) is 15.8. The molecule has 3 rings (SSSR count). The van der Waals surface area contributed by atoms with Crippen molar-refractivity contribution >= 4 is 17.9 Å². The molecule has 13 heteroatoms. The molecule has 0 radical (unpaired) electrons. The van der Waals surface area contributed by atoms with E-state index in [1.54, 1.807) is 14.2 Å². The summed E-state index contributed by atoms with van der Waals surface area (Å²) in [7, 11) is 3.36. The smallest absolute Gasteiger partial charge is 0.336 e. The lowest BCUT2D eigenvalue weighted by atomic mass is 9.96. The van der Waals surface area contributed by atoms with E-state index in [1.807, 2.05) is 24.5 Å². The third-order valence-corrected chi connectivity index (χ3v) is 6.31. The predicted octanol–water partition coefficient (Wildman–Crippen LogP) is 2.55. The summed E-state index contributed by atoms with van der Waals surface area (Å²) in [6, 6.07) is 5.97. The Morgan fingerprint density at radius 1 is 1.05 bits per heavy atom. The first-order valence-corrected chi connectivity index (χ1v) is 13.1. The molecule has 0 saturated carbocycles. The molecule has 1 unspecified atom stereocenters. The van der Waals surface area contributed by atoms with E-state index in [-0.39, 0.29) is 6.10 Å². The van der Waals surface area contributed by atoms with Crippen LogP contribution in [-0.4, -0.2) is 92.3 Å². The first kappa shape index (κ1) is 33.4. The van der Waals surface area contributed by atoms with E-state index >= 15 is 0 Å². The maximum Gasteiger partial charge on any atom is 0.336 e. The van der Waals surface area contributed by atoms with Gasteiger partial charge in [-0.1, -0.05) is 19.9 Å². The van der Waals surface area contributed by atoms with Crippen LogP contribution in [0.1, 0.15) is 62.4 Å². The van der Waals surface area contributed by atoms with Crippen molar-refractivity contribution in [3.63, 3.8) is 0 Å². The Balaban J connectivity index is 0.000000383. The maximum absolute atomic E-state index is 10.3. The first-order chi connectivity index (χ1) is 19.4. The van der Waals surface area contributed by atoms with E-state index < -0.39 is 36.4 Å². The van der Waals surface area contributed by atoms with Gasteiger partial charge in [0.1, 0.15) is 17.3 Å². The third kappa shape index (κ3) is 10.9. The van der Waals surface area contributed by atoms with E-state index in [0.717, 1.165) is 67.5 Å². The van der Waals surface area contributed by atoms with Gasteiger partial charge in [-0.3, -0.25) is 14.5 Å². The number of rotatable bonds is 14. The second-order valence-electron chi connectivity index (χ2n) is 10.1. The van der Waals surface area contributed by atoms with Crippen LogP contribution in [0.3, 0.4) is 0 Å². The Hall–Kier alpha value is -3.81. The molecule has 1 fully saturated rings. The summed E-state index contributed by atoms with van der Waals surface area (Å²) in [5.41, 5.74) is -0.506. The van der Waals surface area contributed by atoms with Crippen LogP contribution >= 0.6 is 0 Å². The SMILES string of the molecule is COc1ccc(CN(Cc2cnc(C(C)C)nc2)CC2CCCO2)c(OC)c1.O=C(O)CC(O)(CC(=O)O)C(=O)O. The average Bonchev–Trinajstić information content (AvgIpc) is 3.41. The molecule has 2 aromatic rings. The minimum atomic E-state index is -2.74. The number of hydrogen-bond acceptors (Lipinski definition) is 10. The number of ether oxygens (including phenoxy) is 3. The molecule has 0 spiro atoms. The lowest BCUT2D eigenvalue weighted by Gasteiger charge is -2.26. The summed E-state index contributed by atoms with van der Waals surface area (Å²) >= 11 is 0. The summed E-state index contributed by atoms with van der Waals surface area (Å²) in [6.07, 6.45) is 4.12. The van der Waals surface area contributed by atoms with Crippen LogP contribution < -0.4 is 9.47 Å². The van der Waals surface area contributed by atoms with Gasteiger partial charge in [0.25, 0.3) is 0 Å². The number of aliphatic carboxylic acids is 3. The van der Waals surface area contributed by atoms with Crippen molar-refractivity contribution in [1.82, 2.24) is 14.9 Å². The van der Waals surface area contributed by atoms with E-state index in [2.05, 4.69) is 34.8 Å². The van der Waals surface area contributed by atoms with Crippen molar-refractivity contribution in [2.24, 2.45) is 0 Å². The van der Waals surface area contributed by atoms with Crippen LogP contribution in [0.2, 0.25) is 0 Å². The van der Waals surface area contributed by atoms with Gasteiger partial charge in [0, 0.05) is 61.7 Å². The number of aliphatic hydroxyl groups is 1. The number of carbonyl (C=O) groups is 3. The van der Waals surface area contributed by atoms with Crippen molar-refractivity contribution in [3.05, 3.63) is 47.5 Å². The normalized spacial score (nSPS) is 14.9. The Labute approximate surface area is 238 Å². The third-order valence-electron chi connectivity index (χ3n) is 6.31. The Morgan fingerprint density at radius 3 is 2.15 bits per heavy atom. The highest BCUT2D eigenvalue weighted by atomic mass is 16.5. The molecule has 41 heavy (non-hydrogen) atoms. The number of carboxylic acids is 3. The number of methoxy groups -OCH3 is 2. The molecule has 0 aliphatic carbocycles. The zero-order valence-electron chi connectivity index (χ0n) is 23.8. The molecule has 226 valence electrons. The largest absolute Gasteiger partial charge is 0.497 e. The van der Waals surface area contributed by atoms with Crippen LogP contribution in [0.15, 0.2) is 30.6 Å². The summed E-state index contributed by atoms with van der Waals surface area (Å²) < 4.78 is 16.8. The highest BCUT2D eigenvalue weighted by molar-refractivity contribution is 5.88. The summed E-state index contributed by atoms with van der Waals surface area (Å²) in [6.45, 7) is 7.48. The van der Waals surface area contributed by atoms with Crippen LogP contribution in [0.4, 0.5) is 0 Å². The molecule has 1 aliphatic rings. The van der Waals surface area contributed by atoms with Crippen molar-refractivity contribution in [3.8, 4) is 11.5 Å². The summed E-state index contributed by atoms with van der Waals surface area (Å²) in [5, 5.41) is 33.8. The van der Waals surface area contributed by atoms with Crippen LogP contribution in [0, 0.1) is 0 Å². The molecule has 13 nitrogen and oxygen atoms in total. The molecule has 1 aromatic heterocycles. The zero-order chi connectivity index (χ0) is 30.6. The van der Waals surface area contributed by atoms with Gasteiger partial charge >= 0.3 is 17.9 Å². The fourth-order valence-electron chi connectivity index (χ4n) is 4.20. The van der Waals surface area contributed by atoms with Gasteiger partial charge in [0.2, 0.25) is 0 Å². The number of hydrogen-bond donors (Lipinski definition) is 4. The highest BCUT2D eigenvalue weighted by Crippen LogP contribution is 2.27. The molecule has 4 N–H and O–H groups in total. The van der Waals surface area contributed by atoms with Crippen LogP contribution in [0.25, 0.3) is 0 Å². The van der Waals surface area contributed by atoms with E-state index in [0.29, 0.717) is 5.92 Å².